The van der Waals surface area contributed by atoms with Crippen LogP contribution in [0.1, 0.15) is 16.1 Å². The molecule has 0 unspecified atom stereocenters. The molecule has 0 spiro atoms. The summed E-state index contributed by atoms with van der Waals surface area (Å²) in [4.78, 5) is 27.8. The molecule has 1 aromatic heterocycles. The van der Waals surface area contributed by atoms with E-state index in [1.165, 1.54) is 22.9 Å². The van der Waals surface area contributed by atoms with Crippen LogP contribution in [0.15, 0.2) is 64.3 Å². The van der Waals surface area contributed by atoms with Crippen LogP contribution in [0.5, 0.6) is 0 Å². The van der Waals surface area contributed by atoms with Gasteiger partial charge in [-0.15, -0.1) is 0 Å². The number of ether oxygens (including phenoxy) is 1. The van der Waals surface area contributed by atoms with Crippen LogP contribution in [0.2, 0.25) is 0 Å². The Labute approximate surface area is 204 Å². The number of anilines is 1. The molecule has 1 amide bonds. The minimum Gasteiger partial charge on any atom is -0.379 e. The van der Waals surface area contributed by atoms with Gasteiger partial charge in [-0.25, -0.2) is 13.1 Å². The predicted molar refractivity (Wildman–Crippen MR) is 133 cm³/mol. The molecule has 2 aromatic carbocycles. The van der Waals surface area contributed by atoms with Crippen molar-refractivity contribution < 1.29 is 17.9 Å². The average Bonchev–Trinajstić information content (AvgIpc) is 3.08. The Morgan fingerprint density at radius 1 is 1.06 bits per heavy atom. The zero-order valence-electron chi connectivity index (χ0n) is 19.7. The topological polar surface area (TPSA) is 115 Å². The molecule has 10 nitrogen and oxygen atoms in total. The van der Waals surface area contributed by atoms with Gasteiger partial charge in [0.1, 0.15) is 5.69 Å². The lowest BCUT2D eigenvalue weighted by molar-refractivity contribution is 0.0383. The minimum atomic E-state index is -4.12. The van der Waals surface area contributed by atoms with E-state index in [9.17, 15) is 18.0 Å². The number of hydrogen-bond donors (Lipinski definition) is 2. The van der Waals surface area contributed by atoms with Gasteiger partial charge < -0.3 is 10.1 Å². The Morgan fingerprint density at radius 3 is 2.49 bits per heavy atom. The standard InChI is InChI=1S/C24H29N5O5S/c1-18-22(24(31)29(27(18)2)20-8-4-3-5-9-20)26-35(32,33)21-10-6-7-19(17-21)23(30)25-11-12-28-13-15-34-16-14-28/h3-10,17,26H,11-16H2,1-2H3,(H,25,30). The van der Waals surface area contributed by atoms with E-state index < -0.39 is 15.6 Å². The van der Waals surface area contributed by atoms with Crippen LogP contribution < -0.4 is 15.6 Å². The number of morpholine rings is 1. The highest BCUT2D eigenvalue weighted by Crippen LogP contribution is 2.19. The van der Waals surface area contributed by atoms with Gasteiger partial charge in [0.05, 0.1) is 29.5 Å². The number of rotatable bonds is 8. The molecule has 0 radical (unpaired) electrons. The maximum absolute atomic E-state index is 13.1. The van der Waals surface area contributed by atoms with Crippen LogP contribution in [0, 0.1) is 6.92 Å². The number of sulfonamides is 1. The molecular formula is C24H29N5O5S. The van der Waals surface area contributed by atoms with E-state index in [2.05, 4.69) is 14.9 Å². The molecule has 4 rings (SSSR count). The van der Waals surface area contributed by atoms with Crippen LogP contribution in [0.4, 0.5) is 5.69 Å². The molecule has 1 aliphatic rings. The lowest BCUT2D eigenvalue weighted by Gasteiger charge is -2.26. The van der Waals surface area contributed by atoms with Crippen molar-refractivity contribution in [3.05, 3.63) is 76.2 Å². The van der Waals surface area contributed by atoms with Crippen LogP contribution >= 0.6 is 0 Å². The maximum atomic E-state index is 13.1. The zero-order chi connectivity index (χ0) is 25.0. The first-order valence-corrected chi connectivity index (χ1v) is 12.8. The molecule has 1 saturated heterocycles. The van der Waals surface area contributed by atoms with Crippen molar-refractivity contribution in [2.45, 2.75) is 11.8 Å². The van der Waals surface area contributed by atoms with Crippen molar-refractivity contribution in [1.29, 1.82) is 0 Å². The van der Waals surface area contributed by atoms with Gasteiger partial charge in [-0.05, 0) is 37.3 Å². The highest BCUT2D eigenvalue weighted by atomic mass is 32.2. The van der Waals surface area contributed by atoms with Crippen LogP contribution in [-0.2, 0) is 21.8 Å². The summed E-state index contributed by atoms with van der Waals surface area (Å²) in [5.74, 6) is -0.363. The Bertz CT molecular complexity index is 1360. The van der Waals surface area contributed by atoms with Gasteiger partial charge in [-0.1, -0.05) is 24.3 Å². The van der Waals surface area contributed by atoms with Crippen LogP contribution in [0.25, 0.3) is 5.69 Å². The normalized spacial score (nSPS) is 14.6. The predicted octanol–water partition coefficient (Wildman–Crippen LogP) is 1.35. The number of carbonyl (C=O) groups is 1. The molecule has 35 heavy (non-hydrogen) atoms. The Hall–Kier alpha value is -3.41. The Morgan fingerprint density at radius 2 is 1.77 bits per heavy atom. The van der Waals surface area contributed by atoms with Gasteiger partial charge in [0.2, 0.25) is 0 Å². The van der Waals surface area contributed by atoms with E-state index in [-0.39, 0.29) is 22.1 Å². The van der Waals surface area contributed by atoms with Crippen molar-refractivity contribution >= 4 is 21.6 Å². The summed E-state index contributed by atoms with van der Waals surface area (Å²) in [5, 5.41) is 2.83. The first kappa shape index (κ1) is 24.7. The van der Waals surface area contributed by atoms with Crippen molar-refractivity contribution in [1.82, 2.24) is 19.6 Å². The van der Waals surface area contributed by atoms with E-state index in [1.54, 1.807) is 49.0 Å². The molecule has 2 heterocycles. The fourth-order valence-corrected chi connectivity index (χ4v) is 5.10. The van der Waals surface area contributed by atoms with Gasteiger partial charge >= 0.3 is 0 Å². The molecule has 1 fully saturated rings. The molecule has 0 atom stereocenters. The van der Waals surface area contributed by atoms with E-state index in [0.717, 1.165) is 13.1 Å². The third-order valence-corrected chi connectivity index (χ3v) is 7.36. The molecule has 0 aliphatic carbocycles. The number of para-hydroxylation sites is 1. The maximum Gasteiger partial charge on any atom is 0.296 e. The third kappa shape index (κ3) is 5.47. The fourth-order valence-electron chi connectivity index (χ4n) is 3.94. The number of nitrogens with one attached hydrogen (secondary N) is 2. The molecule has 0 saturated carbocycles. The van der Waals surface area contributed by atoms with Crippen LogP contribution in [-0.4, -0.2) is 68.0 Å². The molecule has 3 aromatic rings. The summed E-state index contributed by atoms with van der Waals surface area (Å²) in [7, 11) is -2.43. The first-order valence-electron chi connectivity index (χ1n) is 11.3. The number of carbonyl (C=O) groups excluding carboxylic acids is 1. The Kier molecular flexibility index (Phi) is 7.39. The lowest BCUT2D eigenvalue weighted by atomic mass is 10.2. The SMILES string of the molecule is Cc1c(NS(=O)(=O)c2cccc(C(=O)NCCN3CCOCC3)c2)c(=O)n(-c2ccccc2)n1C. The second-order valence-electron chi connectivity index (χ2n) is 8.28. The van der Waals surface area contributed by atoms with Crippen molar-refractivity contribution in [3.8, 4) is 5.69 Å². The van der Waals surface area contributed by atoms with Gasteiger partial charge in [-0.2, -0.15) is 0 Å². The number of benzene rings is 2. The zero-order valence-corrected chi connectivity index (χ0v) is 20.5. The third-order valence-electron chi connectivity index (χ3n) is 6.01. The van der Waals surface area contributed by atoms with E-state index >= 15 is 0 Å². The number of hydrogen-bond acceptors (Lipinski definition) is 6. The summed E-state index contributed by atoms with van der Waals surface area (Å²) in [6.07, 6.45) is 0. The van der Waals surface area contributed by atoms with E-state index in [4.69, 9.17) is 4.74 Å². The van der Waals surface area contributed by atoms with Crippen LogP contribution in [0.3, 0.4) is 0 Å². The molecule has 2 N–H and O–H groups in total. The number of amides is 1. The van der Waals surface area contributed by atoms with Gasteiger partial charge in [0.15, 0.2) is 0 Å². The van der Waals surface area contributed by atoms with Crippen molar-refractivity contribution in [2.24, 2.45) is 7.05 Å². The smallest absolute Gasteiger partial charge is 0.296 e. The molecule has 1 aliphatic heterocycles. The summed E-state index contributed by atoms with van der Waals surface area (Å²) >= 11 is 0. The lowest BCUT2D eigenvalue weighted by Crippen LogP contribution is -2.41. The van der Waals surface area contributed by atoms with E-state index in [1.807, 2.05) is 6.07 Å². The summed E-state index contributed by atoms with van der Waals surface area (Å²) in [6, 6.07) is 14.7. The molecular weight excluding hydrogens is 470 g/mol. The van der Waals surface area contributed by atoms with Crippen molar-refractivity contribution in [3.63, 3.8) is 0 Å². The van der Waals surface area contributed by atoms with Gasteiger partial charge in [0.25, 0.3) is 21.5 Å². The molecule has 0 bridgehead atoms. The largest absolute Gasteiger partial charge is 0.379 e. The monoisotopic (exact) mass is 499 g/mol. The average molecular weight is 500 g/mol. The first-order chi connectivity index (χ1) is 16.8. The number of nitrogens with zero attached hydrogens (tertiary/aromatic N) is 3. The second-order valence-corrected chi connectivity index (χ2v) is 9.96. The summed E-state index contributed by atoms with van der Waals surface area (Å²) in [6.45, 7) is 5.79. The summed E-state index contributed by atoms with van der Waals surface area (Å²) < 4.78 is 37.0. The van der Waals surface area contributed by atoms with Gasteiger partial charge in [0, 0.05) is 38.8 Å². The highest BCUT2D eigenvalue weighted by molar-refractivity contribution is 7.92. The minimum absolute atomic E-state index is 0.0447. The van der Waals surface area contributed by atoms with Crippen molar-refractivity contribution in [2.75, 3.05) is 44.1 Å². The highest BCUT2D eigenvalue weighted by Gasteiger charge is 2.23. The Balaban J connectivity index is 1.50. The molecule has 11 heteroatoms. The second kappa shape index (κ2) is 10.5. The number of aromatic nitrogens is 2. The molecule has 186 valence electrons. The van der Waals surface area contributed by atoms with E-state index in [0.29, 0.717) is 37.7 Å². The fraction of sp³-hybridized carbons (Fsp3) is 0.333. The van der Waals surface area contributed by atoms with Gasteiger partial charge in [-0.3, -0.25) is 23.9 Å². The quantitative estimate of drug-likeness (QED) is 0.484. The summed E-state index contributed by atoms with van der Waals surface area (Å²) in [5.41, 5.74) is 0.763.